The summed E-state index contributed by atoms with van der Waals surface area (Å²) in [5.41, 5.74) is 0. The van der Waals surface area contributed by atoms with Crippen LogP contribution in [-0.4, -0.2) is 29.4 Å². The molecule has 2 atom stereocenters. The standard InChI is InChI=1S/C17H36O4S.Na/c1-3-5-7-8-9-10-12-13-16(18)15-17(22(19,20)21)14-11-6-4-2;/h16-18H,3-15H2,1-2H3,(H,19,20,21);/q;+1/p-1. The van der Waals surface area contributed by atoms with Crippen LogP contribution in [0.5, 0.6) is 0 Å². The van der Waals surface area contributed by atoms with E-state index in [2.05, 4.69) is 6.92 Å². The molecule has 4 nitrogen and oxygen atoms in total. The first kappa shape index (κ1) is 26.1. The van der Waals surface area contributed by atoms with E-state index >= 15 is 0 Å². The van der Waals surface area contributed by atoms with Crippen LogP contribution in [0.15, 0.2) is 0 Å². The third-order valence-electron chi connectivity index (χ3n) is 4.21. The van der Waals surface area contributed by atoms with Gasteiger partial charge in [-0.05, 0) is 19.3 Å². The Hall–Kier alpha value is 0.870. The number of hydrogen-bond acceptors (Lipinski definition) is 4. The van der Waals surface area contributed by atoms with Crippen LogP contribution >= 0.6 is 0 Å². The second-order valence-corrected chi connectivity index (χ2v) is 8.06. The van der Waals surface area contributed by atoms with Crippen molar-refractivity contribution >= 4 is 10.1 Å². The molecule has 23 heavy (non-hydrogen) atoms. The van der Waals surface area contributed by atoms with Crippen molar-refractivity contribution in [2.75, 3.05) is 0 Å². The molecule has 0 bridgehead atoms. The summed E-state index contributed by atoms with van der Waals surface area (Å²) in [6, 6.07) is 0. The largest absolute Gasteiger partial charge is 1.00 e. The fourth-order valence-electron chi connectivity index (χ4n) is 2.76. The van der Waals surface area contributed by atoms with Gasteiger partial charge >= 0.3 is 29.6 Å². The van der Waals surface area contributed by atoms with Gasteiger partial charge in [0.25, 0.3) is 0 Å². The first-order valence-corrected chi connectivity index (χ1v) is 10.5. The van der Waals surface area contributed by atoms with Gasteiger partial charge in [-0.2, -0.15) is 0 Å². The van der Waals surface area contributed by atoms with Crippen molar-refractivity contribution in [2.24, 2.45) is 0 Å². The van der Waals surface area contributed by atoms with Gasteiger partial charge in [-0.25, -0.2) is 8.42 Å². The van der Waals surface area contributed by atoms with Crippen molar-refractivity contribution in [1.29, 1.82) is 0 Å². The zero-order valence-electron chi connectivity index (χ0n) is 15.4. The van der Waals surface area contributed by atoms with E-state index in [0.29, 0.717) is 12.8 Å². The second-order valence-electron chi connectivity index (χ2n) is 6.41. The number of unbranched alkanes of at least 4 members (excludes halogenated alkanes) is 8. The normalized spacial score (nSPS) is 14.3. The maximum absolute atomic E-state index is 11.3. The zero-order chi connectivity index (χ0) is 16.8. The van der Waals surface area contributed by atoms with Crippen molar-refractivity contribution in [3.63, 3.8) is 0 Å². The first-order valence-electron chi connectivity index (χ1n) is 9.04. The molecule has 0 aliphatic heterocycles. The molecular formula is C17H35NaO4S. The average molecular weight is 359 g/mol. The number of rotatable bonds is 15. The minimum Gasteiger partial charge on any atom is -0.748 e. The SMILES string of the molecule is CCCCCCCCCC(O)CC(CCCCC)S(=O)(=O)[O-].[Na+]. The van der Waals surface area contributed by atoms with Crippen molar-refractivity contribution < 1.29 is 47.6 Å². The predicted octanol–water partition coefficient (Wildman–Crippen LogP) is 1.38. The molecule has 0 radical (unpaired) electrons. The van der Waals surface area contributed by atoms with Crippen LogP contribution in [0.1, 0.15) is 97.3 Å². The Morgan fingerprint density at radius 3 is 1.78 bits per heavy atom. The summed E-state index contributed by atoms with van der Waals surface area (Å²) in [4.78, 5) is 0. The molecule has 134 valence electrons. The van der Waals surface area contributed by atoms with Crippen LogP contribution in [0, 0.1) is 0 Å². The monoisotopic (exact) mass is 358 g/mol. The summed E-state index contributed by atoms with van der Waals surface area (Å²) in [7, 11) is -4.30. The average Bonchev–Trinajstić information content (AvgIpc) is 2.44. The van der Waals surface area contributed by atoms with Crippen molar-refractivity contribution in [3.8, 4) is 0 Å². The minimum absolute atomic E-state index is 0. The molecular weight excluding hydrogens is 323 g/mol. The smallest absolute Gasteiger partial charge is 0.748 e. The van der Waals surface area contributed by atoms with Gasteiger partial charge in [-0.15, -0.1) is 0 Å². The summed E-state index contributed by atoms with van der Waals surface area (Å²) in [6.45, 7) is 4.23. The van der Waals surface area contributed by atoms with E-state index in [1.165, 1.54) is 32.1 Å². The van der Waals surface area contributed by atoms with E-state index in [0.717, 1.165) is 32.1 Å². The number of aliphatic hydroxyl groups excluding tert-OH is 1. The fourth-order valence-corrected chi connectivity index (χ4v) is 3.67. The van der Waals surface area contributed by atoms with E-state index < -0.39 is 21.5 Å². The maximum atomic E-state index is 11.3. The van der Waals surface area contributed by atoms with Gasteiger partial charge in [0.05, 0.1) is 21.5 Å². The third kappa shape index (κ3) is 16.1. The Labute approximate surface area is 165 Å². The van der Waals surface area contributed by atoms with Gasteiger partial charge in [0.1, 0.15) is 0 Å². The van der Waals surface area contributed by atoms with Crippen LogP contribution in [0.2, 0.25) is 0 Å². The summed E-state index contributed by atoms with van der Waals surface area (Å²) in [5.74, 6) is 0. The van der Waals surface area contributed by atoms with Gasteiger partial charge in [0.2, 0.25) is 0 Å². The molecule has 0 aromatic carbocycles. The van der Waals surface area contributed by atoms with Crippen LogP contribution in [0.3, 0.4) is 0 Å². The van der Waals surface area contributed by atoms with Gasteiger partial charge in [-0.3, -0.25) is 0 Å². The Morgan fingerprint density at radius 1 is 0.826 bits per heavy atom. The van der Waals surface area contributed by atoms with Crippen LogP contribution in [-0.2, 0) is 10.1 Å². The van der Waals surface area contributed by atoms with Gasteiger partial charge in [0.15, 0.2) is 0 Å². The van der Waals surface area contributed by atoms with Crippen LogP contribution in [0.25, 0.3) is 0 Å². The fraction of sp³-hybridized carbons (Fsp3) is 1.00. The van der Waals surface area contributed by atoms with E-state index in [1.807, 2.05) is 6.92 Å². The van der Waals surface area contributed by atoms with E-state index in [4.69, 9.17) is 0 Å². The summed E-state index contributed by atoms with van der Waals surface area (Å²) >= 11 is 0. The molecule has 0 aliphatic carbocycles. The summed E-state index contributed by atoms with van der Waals surface area (Å²) in [6.07, 6.45) is 11.3. The molecule has 0 rings (SSSR count). The van der Waals surface area contributed by atoms with Crippen molar-refractivity contribution in [2.45, 2.75) is 109 Å². The number of aliphatic hydroxyl groups is 1. The summed E-state index contributed by atoms with van der Waals surface area (Å²) < 4.78 is 33.8. The molecule has 0 amide bonds. The van der Waals surface area contributed by atoms with E-state index in [1.54, 1.807) is 0 Å². The Bertz CT molecular complexity index is 347. The molecule has 0 heterocycles. The molecule has 0 fully saturated rings. The topological polar surface area (TPSA) is 77.4 Å². The Balaban J connectivity index is 0. The Morgan fingerprint density at radius 2 is 1.26 bits per heavy atom. The second kappa shape index (κ2) is 16.3. The van der Waals surface area contributed by atoms with E-state index in [-0.39, 0.29) is 36.0 Å². The van der Waals surface area contributed by atoms with Crippen molar-refractivity contribution in [3.05, 3.63) is 0 Å². The van der Waals surface area contributed by atoms with Gasteiger partial charge < -0.3 is 9.66 Å². The first-order chi connectivity index (χ1) is 10.4. The predicted molar refractivity (Wildman–Crippen MR) is 90.9 cm³/mol. The molecule has 6 heteroatoms. The summed E-state index contributed by atoms with van der Waals surface area (Å²) in [5, 5.41) is 9.06. The van der Waals surface area contributed by atoms with Crippen LogP contribution < -0.4 is 29.6 Å². The van der Waals surface area contributed by atoms with Gasteiger partial charge in [-0.1, -0.05) is 78.1 Å². The molecule has 0 spiro atoms. The molecule has 2 unspecified atom stereocenters. The zero-order valence-corrected chi connectivity index (χ0v) is 18.2. The molecule has 0 aromatic heterocycles. The molecule has 0 aliphatic rings. The molecule has 0 aromatic rings. The maximum Gasteiger partial charge on any atom is 1.00 e. The van der Waals surface area contributed by atoms with Crippen LogP contribution in [0.4, 0.5) is 0 Å². The molecule has 1 N–H and O–H groups in total. The van der Waals surface area contributed by atoms with Gasteiger partial charge in [0, 0.05) is 0 Å². The number of hydrogen-bond donors (Lipinski definition) is 1. The molecule has 0 saturated heterocycles. The third-order valence-corrected chi connectivity index (χ3v) is 5.46. The van der Waals surface area contributed by atoms with Crippen molar-refractivity contribution in [1.82, 2.24) is 0 Å². The minimum atomic E-state index is -4.30. The Kier molecular flexibility index (Phi) is 18.5. The van der Waals surface area contributed by atoms with E-state index in [9.17, 15) is 18.1 Å². The molecule has 0 saturated carbocycles. The quantitative estimate of drug-likeness (QED) is 0.272.